The number of pyridine rings is 1. The molecule has 0 saturated carbocycles. The SMILES string of the molecule is NC(=O)C(O)Cc1cc(-c2cccc(OC(F)(F)F)c2)nc2ccccc12. The molecule has 0 bridgehead atoms. The van der Waals surface area contributed by atoms with Crippen LogP contribution in [0, 0.1) is 0 Å². The van der Waals surface area contributed by atoms with E-state index in [4.69, 9.17) is 5.73 Å². The van der Waals surface area contributed by atoms with Crippen LogP contribution in [0.1, 0.15) is 5.56 Å². The number of rotatable bonds is 5. The van der Waals surface area contributed by atoms with E-state index < -0.39 is 18.4 Å². The summed E-state index contributed by atoms with van der Waals surface area (Å²) in [6, 6.07) is 14.1. The number of nitrogens with zero attached hydrogens (tertiary/aromatic N) is 1. The van der Waals surface area contributed by atoms with E-state index in [2.05, 4.69) is 9.72 Å². The van der Waals surface area contributed by atoms with Crippen LogP contribution in [0.4, 0.5) is 13.2 Å². The quantitative estimate of drug-likeness (QED) is 0.716. The van der Waals surface area contributed by atoms with Gasteiger partial charge in [0.25, 0.3) is 0 Å². The Bertz CT molecular complexity index is 989. The predicted octanol–water partition coefficient (Wildman–Crippen LogP) is 3.19. The second-order valence-electron chi connectivity index (χ2n) is 5.88. The fourth-order valence-corrected chi connectivity index (χ4v) is 2.73. The highest BCUT2D eigenvalue weighted by Crippen LogP contribution is 2.30. The summed E-state index contributed by atoms with van der Waals surface area (Å²) < 4.78 is 41.3. The van der Waals surface area contributed by atoms with E-state index in [-0.39, 0.29) is 12.2 Å². The first-order valence-corrected chi connectivity index (χ1v) is 7.95. The average molecular weight is 376 g/mol. The highest BCUT2D eigenvalue weighted by atomic mass is 19.4. The number of nitrogens with two attached hydrogens (primary N) is 1. The van der Waals surface area contributed by atoms with Gasteiger partial charge in [-0.05, 0) is 29.8 Å². The maximum atomic E-state index is 12.5. The van der Waals surface area contributed by atoms with E-state index >= 15 is 0 Å². The molecule has 0 spiro atoms. The Morgan fingerprint density at radius 1 is 1.15 bits per heavy atom. The van der Waals surface area contributed by atoms with E-state index in [1.807, 2.05) is 0 Å². The van der Waals surface area contributed by atoms with Gasteiger partial charge in [0.05, 0.1) is 11.2 Å². The summed E-state index contributed by atoms with van der Waals surface area (Å²) in [6.45, 7) is 0. The van der Waals surface area contributed by atoms with Crippen molar-refractivity contribution >= 4 is 16.8 Å². The average Bonchev–Trinajstić information content (AvgIpc) is 2.60. The van der Waals surface area contributed by atoms with Gasteiger partial charge in [-0.25, -0.2) is 4.98 Å². The van der Waals surface area contributed by atoms with Gasteiger partial charge in [-0.15, -0.1) is 13.2 Å². The van der Waals surface area contributed by atoms with Gasteiger partial charge in [0.1, 0.15) is 11.9 Å². The number of carbonyl (C=O) groups excluding carboxylic acids is 1. The summed E-state index contributed by atoms with van der Waals surface area (Å²) in [5, 5.41) is 10.5. The van der Waals surface area contributed by atoms with Gasteiger partial charge in [0.2, 0.25) is 5.91 Å². The van der Waals surface area contributed by atoms with E-state index in [0.29, 0.717) is 27.7 Å². The molecule has 1 atom stereocenters. The van der Waals surface area contributed by atoms with Crippen molar-refractivity contribution in [3.8, 4) is 17.0 Å². The topological polar surface area (TPSA) is 85.4 Å². The van der Waals surface area contributed by atoms with Crippen molar-refractivity contribution in [3.63, 3.8) is 0 Å². The van der Waals surface area contributed by atoms with E-state index in [1.165, 1.54) is 18.2 Å². The molecule has 5 nitrogen and oxygen atoms in total. The van der Waals surface area contributed by atoms with Crippen molar-refractivity contribution in [1.82, 2.24) is 4.98 Å². The van der Waals surface area contributed by atoms with Crippen molar-refractivity contribution in [2.45, 2.75) is 18.9 Å². The lowest BCUT2D eigenvalue weighted by Gasteiger charge is -2.13. The molecular weight excluding hydrogens is 361 g/mol. The minimum Gasteiger partial charge on any atom is -0.406 e. The van der Waals surface area contributed by atoms with Crippen molar-refractivity contribution in [3.05, 3.63) is 60.2 Å². The lowest BCUT2D eigenvalue weighted by Crippen LogP contribution is -2.30. The molecule has 1 amide bonds. The number of para-hydroxylation sites is 1. The normalized spacial score (nSPS) is 12.7. The molecule has 3 rings (SSSR count). The molecule has 0 fully saturated rings. The first-order chi connectivity index (χ1) is 12.7. The molecule has 0 aliphatic rings. The molecule has 1 heterocycles. The zero-order valence-corrected chi connectivity index (χ0v) is 13.9. The maximum Gasteiger partial charge on any atom is 0.573 e. The number of hydrogen-bond donors (Lipinski definition) is 2. The van der Waals surface area contributed by atoms with Gasteiger partial charge >= 0.3 is 6.36 Å². The number of aromatic nitrogens is 1. The summed E-state index contributed by atoms with van der Waals surface area (Å²) in [7, 11) is 0. The summed E-state index contributed by atoms with van der Waals surface area (Å²) in [6.07, 6.45) is -6.22. The Morgan fingerprint density at radius 2 is 1.89 bits per heavy atom. The molecule has 8 heteroatoms. The van der Waals surface area contributed by atoms with Crippen LogP contribution in [0.2, 0.25) is 0 Å². The van der Waals surface area contributed by atoms with Crippen molar-refractivity contribution in [1.29, 1.82) is 0 Å². The number of alkyl halides is 3. The molecule has 1 aromatic heterocycles. The van der Waals surface area contributed by atoms with Crippen molar-refractivity contribution in [2.24, 2.45) is 5.73 Å². The van der Waals surface area contributed by atoms with Crippen molar-refractivity contribution in [2.75, 3.05) is 0 Å². The van der Waals surface area contributed by atoms with Crippen LogP contribution in [0.25, 0.3) is 22.2 Å². The summed E-state index contributed by atoms with van der Waals surface area (Å²) in [4.78, 5) is 15.7. The molecule has 3 aromatic rings. The van der Waals surface area contributed by atoms with Crippen LogP contribution in [-0.2, 0) is 11.2 Å². The third-order valence-corrected chi connectivity index (χ3v) is 3.91. The van der Waals surface area contributed by atoms with Crippen LogP contribution in [0.15, 0.2) is 54.6 Å². The monoisotopic (exact) mass is 376 g/mol. The highest BCUT2D eigenvalue weighted by molar-refractivity contribution is 5.86. The van der Waals surface area contributed by atoms with Crippen LogP contribution in [0.5, 0.6) is 5.75 Å². The first-order valence-electron chi connectivity index (χ1n) is 7.95. The molecule has 140 valence electrons. The van der Waals surface area contributed by atoms with Crippen LogP contribution < -0.4 is 10.5 Å². The van der Waals surface area contributed by atoms with Gasteiger partial charge in [0.15, 0.2) is 0 Å². The number of halogens is 3. The van der Waals surface area contributed by atoms with Gasteiger partial charge in [0, 0.05) is 17.4 Å². The van der Waals surface area contributed by atoms with Gasteiger partial charge in [-0.2, -0.15) is 0 Å². The Kier molecular flexibility index (Phi) is 5.00. The number of aliphatic hydroxyl groups excluding tert-OH is 1. The van der Waals surface area contributed by atoms with E-state index in [0.717, 1.165) is 0 Å². The minimum absolute atomic E-state index is 0.0376. The summed E-state index contributed by atoms with van der Waals surface area (Å²) in [5.74, 6) is -1.23. The molecule has 27 heavy (non-hydrogen) atoms. The molecule has 0 aliphatic carbocycles. The number of amides is 1. The molecule has 2 aromatic carbocycles. The summed E-state index contributed by atoms with van der Waals surface area (Å²) in [5.41, 5.74) is 7.08. The Morgan fingerprint density at radius 3 is 2.59 bits per heavy atom. The Hall–Kier alpha value is -3.13. The van der Waals surface area contributed by atoms with E-state index in [1.54, 1.807) is 36.4 Å². The third kappa shape index (κ3) is 4.53. The number of aliphatic hydroxyl groups is 1. The largest absolute Gasteiger partial charge is 0.573 e. The first kappa shape index (κ1) is 18.7. The fourth-order valence-electron chi connectivity index (χ4n) is 2.73. The smallest absolute Gasteiger partial charge is 0.406 e. The number of benzene rings is 2. The number of primary amides is 1. The van der Waals surface area contributed by atoms with Crippen molar-refractivity contribution < 1.29 is 27.8 Å². The van der Waals surface area contributed by atoms with Crippen LogP contribution >= 0.6 is 0 Å². The number of hydrogen-bond acceptors (Lipinski definition) is 4. The number of ether oxygens (including phenoxy) is 1. The summed E-state index contributed by atoms with van der Waals surface area (Å²) >= 11 is 0. The third-order valence-electron chi connectivity index (χ3n) is 3.91. The maximum absolute atomic E-state index is 12.5. The molecular formula is C19H15F3N2O3. The molecule has 0 radical (unpaired) electrons. The Labute approximate surface area is 152 Å². The standard InChI is InChI=1S/C19H15F3N2O3/c20-19(21,22)27-13-5-3-4-11(8-13)16-9-12(10-17(25)18(23)26)14-6-1-2-7-15(14)24-16/h1-9,17,25H,10H2,(H2,23,26). The second kappa shape index (κ2) is 7.24. The van der Waals surface area contributed by atoms with Crippen LogP contribution in [0.3, 0.4) is 0 Å². The predicted molar refractivity (Wildman–Crippen MR) is 92.8 cm³/mol. The van der Waals surface area contributed by atoms with E-state index in [9.17, 15) is 23.1 Å². The van der Waals surface area contributed by atoms with Gasteiger partial charge < -0.3 is 15.6 Å². The molecule has 3 N–H and O–H groups in total. The number of fused-ring (bicyclic) bond motifs is 1. The lowest BCUT2D eigenvalue weighted by atomic mass is 9.99. The second-order valence-corrected chi connectivity index (χ2v) is 5.88. The number of carbonyl (C=O) groups is 1. The highest BCUT2D eigenvalue weighted by Gasteiger charge is 2.31. The minimum atomic E-state index is -4.80. The van der Waals surface area contributed by atoms with Gasteiger partial charge in [-0.1, -0.05) is 30.3 Å². The molecule has 1 unspecified atom stereocenters. The zero-order chi connectivity index (χ0) is 19.6. The Balaban J connectivity index is 2.07. The van der Waals surface area contributed by atoms with Crippen LogP contribution in [-0.4, -0.2) is 28.5 Å². The molecule has 0 aliphatic heterocycles. The fraction of sp³-hybridized carbons (Fsp3) is 0.158. The van der Waals surface area contributed by atoms with Gasteiger partial charge in [-0.3, -0.25) is 4.79 Å². The lowest BCUT2D eigenvalue weighted by molar-refractivity contribution is -0.274. The zero-order valence-electron chi connectivity index (χ0n) is 13.9. The molecule has 0 saturated heterocycles.